The molecular weight excluding hydrogens is 498 g/mol. The van der Waals surface area contributed by atoms with Crippen LogP contribution in [0.2, 0.25) is 0 Å². The largest absolute Gasteiger partial charge is 0.497 e. The number of ether oxygens (including phenoxy) is 4. The highest BCUT2D eigenvalue weighted by atomic mass is 32.2. The van der Waals surface area contributed by atoms with Crippen LogP contribution in [0.5, 0.6) is 23.0 Å². The molecule has 3 aromatic carbocycles. The fourth-order valence-corrected chi connectivity index (χ4v) is 4.91. The minimum Gasteiger partial charge on any atom is -0.497 e. The van der Waals surface area contributed by atoms with Gasteiger partial charge in [-0.05, 0) is 43.3 Å². The fraction of sp³-hybridized carbons (Fsp3) is 0.231. The molecular formula is C26H29N3O7S. The molecule has 0 heterocycles. The summed E-state index contributed by atoms with van der Waals surface area (Å²) in [4.78, 5) is 12.9. The number of aryl methyl sites for hydroxylation is 1. The van der Waals surface area contributed by atoms with Crippen molar-refractivity contribution in [3.05, 3.63) is 71.8 Å². The number of rotatable bonds is 11. The summed E-state index contributed by atoms with van der Waals surface area (Å²) < 4.78 is 49.6. The lowest BCUT2D eigenvalue weighted by molar-refractivity contribution is -0.119. The molecule has 3 rings (SSSR count). The second-order valence-corrected chi connectivity index (χ2v) is 9.60. The maximum atomic E-state index is 13.7. The molecule has 0 aliphatic carbocycles. The summed E-state index contributed by atoms with van der Waals surface area (Å²) in [5.41, 5.74) is 3.96. The van der Waals surface area contributed by atoms with E-state index in [0.29, 0.717) is 22.8 Å². The van der Waals surface area contributed by atoms with E-state index in [2.05, 4.69) is 10.5 Å². The number of hydrogen-bond acceptors (Lipinski definition) is 8. The number of sulfonamides is 1. The molecule has 0 unspecified atom stereocenters. The van der Waals surface area contributed by atoms with Crippen LogP contribution in [-0.4, -0.2) is 55.5 Å². The first-order valence-corrected chi connectivity index (χ1v) is 12.5. The third-order valence-corrected chi connectivity index (χ3v) is 7.15. The van der Waals surface area contributed by atoms with E-state index in [9.17, 15) is 13.2 Å². The number of carbonyl (C=O) groups excluding carboxylic acids is 1. The number of nitrogens with one attached hydrogen (secondary N) is 1. The van der Waals surface area contributed by atoms with Crippen molar-refractivity contribution in [1.82, 2.24) is 5.43 Å². The van der Waals surface area contributed by atoms with Crippen molar-refractivity contribution in [2.75, 3.05) is 39.3 Å². The van der Waals surface area contributed by atoms with Gasteiger partial charge < -0.3 is 18.9 Å². The average molecular weight is 528 g/mol. The van der Waals surface area contributed by atoms with Crippen molar-refractivity contribution in [3.8, 4) is 23.0 Å². The van der Waals surface area contributed by atoms with E-state index in [0.717, 1.165) is 9.87 Å². The zero-order chi connectivity index (χ0) is 27.0. The molecule has 196 valence electrons. The Hall–Kier alpha value is -4.25. The molecule has 0 aromatic heterocycles. The van der Waals surface area contributed by atoms with Gasteiger partial charge in [-0.1, -0.05) is 23.8 Å². The van der Waals surface area contributed by atoms with Crippen LogP contribution in [0.25, 0.3) is 0 Å². The number of nitrogens with zero attached hydrogens (tertiary/aromatic N) is 2. The van der Waals surface area contributed by atoms with E-state index in [1.807, 2.05) is 6.92 Å². The molecule has 0 aliphatic rings. The van der Waals surface area contributed by atoms with Gasteiger partial charge in [0.25, 0.3) is 15.9 Å². The Morgan fingerprint density at radius 3 is 2.24 bits per heavy atom. The average Bonchev–Trinajstić information content (AvgIpc) is 2.91. The van der Waals surface area contributed by atoms with Crippen LogP contribution >= 0.6 is 0 Å². The fourth-order valence-electron chi connectivity index (χ4n) is 3.48. The Labute approximate surface area is 216 Å². The van der Waals surface area contributed by atoms with Crippen molar-refractivity contribution < 1.29 is 32.2 Å². The molecule has 0 saturated heterocycles. The zero-order valence-electron chi connectivity index (χ0n) is 21.2. The molecule has 3 aromatic rings. The summed E-state index contributed by atoms with van der Waals surface area (Å²) >= 11 is 0. The smallest absolute Gasteiger partial charge is 0.264 e. The molecule has 0 radical (unpaired) electrons. The van der Waals surface area contributed by atoms with Crippen LogP contribution in [0.1, 0.15) is 11.1 Å². The van der Waals surface area contributed by atoms with Gasteiger partial charge in [0.2, 0.25) is 0 Å². The number of hydrogen-bond donors (Lipinski definition) is 1. The van der Waals surface area contributed by atoms with Gasteiger partial charge in [-0.25, -0.2) is 13.8 Å². The van der Waals surface area contributed by atoms with Crippen LogP contribution in [-0.2, 0) is 14.8 Å². The molecule has 0 bridgehead atoms. The number of hydrazone groups is 1. The van der Waals surface area contributed by atoms with Gasteiger partial charge >= 0.3 is 0 Å². The standard InChI is InChI=1S/C26H29N3O7S/c1-18-9-12-21(13-10-18)37(31,32)29(22-15-20(33-2)11-14-23(22)34-3)17-25(30)28-27-16-19-7-6-8-24(35-4)26(19)36-5/h6-16H,17H2,1-5H3,(H,28,30)/b27-16-. The Morgan fingerprint density at radius 2 is 1.62 bits per heavy atom. The highest BCUT2D eigenvalue weighted by Crippen LogP contribution is 2.35. The predicted molar refractivity (Wildman–Crippen MR) is 141 cm³/mol. The van der Waals surface area contributed by atoms with Crippen molar-refractivity contribution >= 4 is 27.8 Å². The molecule has 37 heavy (non-hydrogen) atoms. The number of methoxy groups -OCH3 is 4. The first kappa shape index (κ1) is 27.3. The SMILES string of the molecule is COc1ccc(OC)c(N(CC(=O)N/N=C\c2cccc(OC)c2OC)S(=O)(=O)c2ccc(C)cc2)c1. The van der Waals surface area contributed by atoms with Crippen molar-refractivity contribution in [2.45, 2.75) is 11.8 Å². The monoisotopic (exact) mass is 527 g/mol. The summed E-state index contributed by atoms with van der Waals surface area (Å²) in [7, 11) is 1.70. The first-order valence-electron chi connectivity index (χ1n) is 11.1. The molecule has 0 saturated carbocycles. The Balaban J connectivity index is 1.95. The van der Waals surface area contributed by atoms with Crippen LogP contribution in [0.4, 0.5) is 5.69 Å². The Morgan fingerprint density at radius 1 is 0.919 bits per heavy atom. The lowest BCUT2D eigenvalue weighted by Crippen LogP contribution is -2.39. The Kier molecular flexibility index (Phi) is 8.96. The van der Waals surface area contributed by atoms with Crippen LogP contribution in [0.15, 0.2) is 70.7 Å². The number of anilines is 1. The molecule has 1 amide bonds. The van der Waals surface area contributed by atoms with E-state index < -0.39 is 22.5 Å². The van der Waals surface area contributed by atoms with Gasteiger partial charge in [-0.3, -0.25) is 9.10 Å². The van der Waals surface area contributed by atoms with Crippen molar-refractivity contribution in [1.29, 1.82) is 0 Å². The summed E-state index contributed by atoms with van der Waals surface area (Å²) in [6.45, 7) is 1.27. The molecule has 1 N–H and O–H groups in total. The van der Waals surface area contributed by atoms with Crippen LogP contribution in [0.3, 0.4) is 0 Å². The Bertz CT molecular complexity index is 1370. The van der Waals surface area contributed by atoms with E-state index in [4.69, 9.17) is 18.9 Å². The molecule has 11 heteroatoms. The lowest BCUT2D eigenvalue weighted by Gasteiger charge is -2.25. The third-order valence-electron chi connectivity index (χ3n) is 5.38. The normalized spacial score (nSPS) is 11.2. The predicted octanol–water partition coefficient (Wildman–Crippen LogP) is 3.38. The summed E-state index contributed by atoms with van der Waals surface area (Å²) in [6, 6.07) is 16.2. The summed E-state index contributed by atoms with van der Waals surface area (Å²) in [5.74, 6) is 0.891. The minimum absolute atomic E-state index is 0.0143. The number of para-hydroxylation sites is 1. The van der Waals surface area contributed by atoms with Gasteiger partial charge in [-0.15, -0.1) is 0 Å². The lowest BCUT2D eigenvalue weighted by atomic mass is 10.2. The topological polar surface area (TPSA) is 116 Å². The van der Waals surface area contributed by atoms with E-state index in [-0.39, 0.29) is 16.3 Å². The number of benzene rings is 3. The van der Waals surface area contributed by atoms with Crippen LogP contribution < -0.4 is 28.7 Å². The van der Waals surface area contributed by atoms with Gasteiger partial charge in [0.05, 0.1) is 45.2 Å². The van der Waals surface area contributed by atoms with Crippen molar-refractivity contribution in [2.24, 2.45) is 5.10 Å². The molecule has 0 fully saturated rings. The quantitative estimate of drug-likeness (QED) is 0.300. The van der Waals surface area contributed by atoms with Gasteiger partial charge in [0, 0.05) is 11.6 Å². The minimum atomic E-state index is -4.17. The molecule has 0 aliphatic heterocycles. The zero-order valence-corrected chi connectivity index (χ0v) is 22.0. The van der Waals surface area contributed by atoms with E-state index in [1.165, 1.54) is 52.9 Å². The van der Waals surface area contributed by atoms with Gasteiger partial charge in [-0.2, -0.15) is 5.10 Å². The summed E-state index contributed by atoms with van der Waals surface area (Å²) in [5, 5.41) is 3.98. The van der Waals surface area contributed by atoms with Crippen molar-refractivity contribution in [3.63, 3.8) is 0 Å². The van der Waals surface area contributed by atoms with E-state index >= 15 is 0 Å². The molecule has 0 spiro atoms. The molecule has 10 nitrogen and oxygen atoms in total. The van der Waals surface area contributed by atoms with Gasteiger partial charge in [0.1, 0.15) is 18.0 Å². The maximum absolute atomic E-state index is 13.7. The highest BCUT2D eigenvalue weighted by molar-refractivity contribution is 7.92. The third kappa shape index (κ3) is 6.31. The maximum Gasteiger partial charge on any atom is 0.264 e. The molecule has 0 atom stereocenters. The highest BCUT2D eigenvalue weighted by Gasteiger charge is 2.30. The first-order chi connectivity index (χ1) is 17.7. The number of amides is 1. The second-order valence-electron chi connectivity index (χ2n) is 7.74. The summed E-state index contributed by atoms with van der Waals surface area (Å²) in [6.07, 6.45) is 1.38. The van der Waals surface area contributed by atoms with E-state index in [1.54, 1.807) is 42.5 Å². The number of carbonyl (C=O) groups is 1. The van der Waals surface area contributed by atoms with Crippen LogP contribution in [0, 0.1) is 6.92 Å². The van der Waals surface area contributed by atoms with Gasteiger partial charge in [0.15, 0.2) is 11.5 Å². The second kappa shape index (κ2) is 12.1.